The summed E-state index contributed by atoms with van der Waals surface area (Å²) in [4.78, 5) is 11.7. The third-order valence-electron chi connectivity index (χ3n) is 2.76. The fraction of sp³-hybridized carbons (Fsp3) is 0.143. The van der Waals surface area contributed by atoms with Crippen LogP contribution in [-0.4, -0.2) is 11.7 Å². The minimum Gasteiger partial charge on any atom is -0.496 e. The highest BCUT2D eigenvalue weighted by atomic mass is 16.5. The van der Waals surface area contributed by atoms with Gasteiger partial charge in [0.05, 0.1) is 25.3 Å². The first-order valence-corrected chi connectivity index (χ1v) is 5.67. The zero-order chi connectivity index (χ0) is 13.8. The summed E-state index contributed by atoms with van der Waals surface area (Å²) >= 11 is 0. The Morgan fingerprint density at radius 2 is 2.16 bits per heavy atom. The average Bonchev–Trinajstić information content (AvgIpc) is 2.42. The predicted octanol–water partition coefficient (Wildman–Crippen LogP) is 1.36. The molecule has 0 amide bonds. The molecular formula is C14H13N3O2. The normalized spacial score (nSPS) is 9.89. The molecule has 1 aromatic heterocycles. The summed E-state index contributed by atoms with van der Waals surface area (Å²) in [5.41, 5.74) is 7.30. The second-order valence-corrected chi connectivity index (χ2v) is 4.07. The van der Waals surface area contributed by atoms with E-state index in [0.717, 1.165) is 5.56 Å². The highest BCUT2D eigenvalue weighted by Crippen LogP contribution is 2.20. The topological polar surface area (TPSA) is 81.0 Å². The molecule has 0 atom stereocenters. The second-order valence-electron chi connectivity index (χ2n) is 4.07. The molecule has 0 radical (unpaired) electrons. The third-order valence-corrected chi connectivity index (χ3v) is 2.76. The van der Waals surface area contributed by atoms with Gasteiger partial charge in [-0.05, 0) is 24.3 Å². The van der Waals surface area contributed by atoms with E-state index in [1.54, 1.807) is 37.6 Å². The lowest BCUT2D eigenvalue weighted by Crippen LogP contribution is -2.19. The van der Waals surface area contributed by atoms with Crippen molar-refractivity contribution in [3.05, 3.63) is 58.0 Å². The number of nitrogens with two attached hydrogens (primary N) is 1. The van der Waals surface area contributed by atoms with Crippen LogP contribution in [0.3, 0.4) is 0 Å². The molecule has 0 aliphatic carbocycles. The molecule has 2 aromatic rings. The number of benzene rings is 1. The molecule has 5 nitrogen and oxygen atoms in total. The smallest absolute Gasteiger partial charge is 0.250 e. The molecule has 0 saturated carbocycles. The van der Waals surface area contributed by atoms with Crippen molar-refractivity contribution in [2.75, 3.05) is 12.8 Å². The molecule has 2 N–H and O–H groups in total. The van der Waals surface area contributed by atoms with Gasteiger partial charge in [-0.3, -0.25) is 4.79 Å². The number of rotatable bonds is 3. The van der Waals surface area contributed by atoms with Gasteiger partial charge in [-0.1, -0.05) is 0 Å². The number of hydrogen-bond acceptors (Lipinski definition) is 4. The monoisotopic (exact) mass is 255 g/mol. The molecule has 0 fully saturated rings. The minimum absolute atomic E-state index is 0.154. The Kier molecular flexibility index (Phi) is 3.53. The van der Waals surface area contributed by atoms with Crippen molar-refractivity contribution in [1.29, 1.82) is 5.26 Å². The van der Waals surface area contributed by atoms with Crippen LogP contribution in [0.2, 0.25) is 0 Å². The number of methoxy groups -OCH3 is 1. The van der Waals surface area contributed by atoms with Gasteiger partial charge in [0.25, 0.3) is 5.56 Å². The van der Waals surface area contributed by atoms with Crippen LogP contribution >= 0.6 is 0 Å². The minimum atomic E-state index is -0.154. The van der Waals surface area contributed by atoms with Gasteiger partial charge in [0.2, 0.25) is 0 Å². The Labute approximate surface area is 110 Å². The van der Waals surface area contributed by atoms with Crippen LogP contribution in [-0.2, 0) is 6.54 Å². The van der Waals surface area contributed by atoms with Crippen LogP contribution in [0, 0.1) is 11.3 Å². The number of anilines is 1. The van der Waals surface area contributed by atoms with Crippen molar-refractivity contribution < 1.29 is 4.74 Å². The number of hydrogen-bond donors (Lipinski definition) is 1. The van der Waals surface area contributed by atoms with Crippen molar-refractivity contribution in [2.45, 2.75) is 6.54 Å². The van der Waals surface area contributed by atoms with Crippen LogP contribution < -0.4 is 16.0 Å². The van der Waals surface area contributed by atoms with Crippen molar-refractivity contribution in [1.82, 2.24) is 4.57 Å². The van der Waals surface area contributed by atoms with E-state index in [0.29, 0.717) is 23.5 Å². The zero-order valence-electron chi connectivity index (χ0n) is 10.5. The third kappa shape index (κ3) is 2.75. The largest absolute Gasteiger partial charge is 0.496 e. The number of nitriles is 1. The first-order chi connectivity index (χ1) is 9.13. The van der Waals surface area contributed by atoms with Gasteiger partial charge in [-0.2, -0.15) is 5.26 Å². The quantitative estimate of drug-likeness (QED) is 0.897. The fourth-order valence-corrected chi connectivity index (χ4v) is 1.83. The van der Waals surface area contributed by atoms with Crippen molar-refractivity contribution in [3.8, 4) is 11.8 Å². The number of nitrogen functional groups attached to an aromatic ring is 1. The maximum absolute atomic E-state index is 11.7. The number of pyridine rings is 1. The van der Waals surface area contributed by atoms with Crippen LogP contribution in [0.25, 0.3) is 0 Å². The van der Waals surface area contributed by atoms with Gasteiger partial charge < -0.3 is 15.0 Å². The molecule has 19 heavy (non-hydrogen) atoms. The molecule has 0 aliphatic rings. The van der Waals surface area contributed by atoms with Crippen LogP contribution in [0.15, 0.2) is 41.3 Å². The van der Waals surface area contributed by atoms with Crippen LogP contribution in [0.5, 0.6) is 5.75 Å². The summed E-state index contributed by atoms with van der Waals surface area (Å²) in [5, 5.41) is 8.91. The van der Waals surface area contributed by atoms with E-state index in [9.17, 15) is 4.79 Å². The molecular weight excluding hydrogens is 242 g/mol. The average molecular weight is 255 g/mol. The highest BCUT2D eigenvalue weighted by molar-refractivity contribution is 5.42. The Bertz CT molecular complexity index is 699. The first-order valence-electron chi connectivity index (χ1n) is 5.67. The molecule has 0 unspecified atom stereocenters. The van der Waals surface area contributed by atoms with Crippen LogP contribution in [0.4, 0.5) is 5.69 Å². The van der Waals surface area contributed by atoms with Crippen molar-refractivity contribution in [2.24, 2.45) is 0 Å². The van der Waals surface area contributed by atoms with Crippen LogP contribution in [0.1, 0.15) is 11.1 Å². The molecule has 5 heteroatoms. The number of nitrogens with zero attached hydrogens (tertiary/aromatic N) is 2. The molecule has 0 aliphatic heterocycles. The summed E-state index contributed by atoms with van der Waals surface area (Å²) in [6, 6.07) is 10.1. The second kappa shape index (κ2) is 5.27. The summed E-state index contributed by atoms with van der Waals surface area (Å²) < 4.78 is 6.71. The van der Waals surface area contributed by atoms with E-state index >= 15 is 0 Å². The zero-order valence-corrected chi connectivity index (χ0v) is 10.5. The van der Waals surface area contributed by atoms with Gasteiger partial charge in [0.1, 0.15) is 5.75 Å². The predicted molar refractivity (Wildman–Crippen MR) is 71.9 cm³/mol. The van der Waals surface area contributed by atoms with Gasteiger partial charge in [-0.25, -0.2) is 0 Å². The highest BCUT2D eigenvalue weighted by Gasteiger charge is 2.06. The SMILES string of the molecule is COc1ccc(C#N)cc1Cn1cc(N)ccc1=O. The number of ether oxygens (including phenoxy) is 1. The Morgan fingerprint density at radius 3 is 2.84 bits per heavy atom. The molecule has 2 rings (SSSR count). The van der Waals surface area contributed by atoms with Gasteiger partial charge in [0.15, 0.2) is 0 Å². The van der Waals surface area contributed by atoms with E-state index in [1.165, 1.54) is 10.6 Å². The lowest BCUT2D eigenvalue weighted by atomic mass is 10.1. The fourth-order valence-electron chi connectivity index (χ4n) is 1.83. The Hall–Kier alpha value is -2.74. The van der Waals surface area contributed by atoms with E-state index < -0.39 is 0 Å². The summed E-state index contributed by atoms with van der Waals surface area (Å²) in [6.45, 7) is 0.308. The van der Waals surface area contributed by atoms with E-state index in [1.807, 2.05) is 0 Å². The molecule has 0 bridgehead atoms. The van der Waals surface area contributed by atoms with Crippen molar-refractivity contribution >= 4 is 5.69 Å². The lowest BCUT2D eigenvalue weighted by molar-refractivity contribution is 0.408. The number of aromatic nitrogens is 1. The molecule has 1 aromatic carbocycles. The summed E-state index contributed by atoms with van der Waals surface area (Å²) in [5.74, 6) is 0.633. The van der Waals surface area contributed by atoms with E-state index in [2.05, 4.69) is 6.07 Å². The van der Waals surface area contributed by atoms with E-state index in [4.69, 9.17) is 15.7 Å². The van der Waals surface area contributed by atoms with Crippen molar-refractivity contribution in [3.63, 3.8) is 0 Å². The summed E-state index contributed by atoms with van der Waals surface area (Å²) in [6.07, 6.45) is 1.57. The lowest BCUT2D eigenvalue weighted by Gasteiger charge is -2.11. The maximum atomic E-state index is 11.7. The standard InChI is InChI=1S/C14H13N3O2/c1-19-13-4-2-10(7-15)6-11(13)8-17-9-12(16)3-5-14(17)18/h2-6,9H,8,16H2,1H3. The van der Waals surface area contributed by atoms with Gasteiger partial charge in [-0.15, -0.1) is 0 Å². The van der Waals surface area contributed by atoms with Gasteiger partial charge in [0, 0.05) is 23.5 Å². The van der Waals surface area contributed by atoms with Gasteiger partial charge >= 0.3 is 0 Å². The molecule has 1 heterocycles. The molecule has 0 spiro atoms. The van der Waals surface area contributed by atoms with E-state index in [-0.39, 0.29) is 5.56 Å². The maximum Gasteiger partial charge on any atom is 0.250 e. The molecule has 96 valence electrons. The summed E-state index contributed by atoms with van der Waals surface area (Å²) in [7, 11) is 1.55. The Morgan fingerprint density at radius 1 is 1.37 bits per heavy atom. The first kappa shape index (κ1) is 12.7. The Balaban J connectivity index is 2.45. The molecule has 0 saturated heterocycles.